The standard InChI is InChI=1S/C22H28N2O.ClH/c25-22(24-17-19-10-7-13-23-16-19)15-21(20-11-5-2-6-12-20)14-18-8-3-1-4-9-18;/h1-6,8-9,11-12,19,21,23H,7,10,13-17H2,(H,24,25);1H. The first-order valence-corrected chi connectivity index (χ1v) is 9.37. The second-order valence-corrected chi connectivity index (χ2v) is 7.02. The van der Waals surface area contributed by atoms with Gasteiger partial charge in [-0.3, -0.25) is 4.79 Å². The summed E-state index contributed by atoms with van der Waals surface area (Å²) in [4.78, 5) is 12.5. The minimum absolute atomic E-state index is 0. The number of hydrogen-bond acceptors (Lipinski definition) is 2. The Balaban J connectivity index is 0.00000243. The molecule has 140 valence electrons. The van der Waals surface area contributed by atoms with Crippen LogP contribution < -0.4 is 10.6 Å². The van der Waals surface area contributed by atoms with E-state index >= 15 is 0 Å². The number of piperidine rings is 1. The van der Waals surface area contributed by atoms with E-state index in [4.69, 9.17) is 0 Å². The molecule has 0 aromatic heterocycles. The fraction of sp³-hybridized carbons (Fsp3) is 0.409. The summed E-state index contributed by atoms with van der Waals surface area (Å²) in [5.41, 5.74) is 2.52. The molecule has 1 heterocycles. The molecule has 3 rings (SSSR count). The third-order valence-electron chi connectivity index (χ3n) is 5.01. The summed E-state index contributed by atoms with van der Waals surface area (Å²) in [7, 11) is 0. The van der Waals surface area contributed by atoms with Gasteiger partial charge in [0, 0.05) is 13.0 Å². The van der Waals surface area contributed by atoms with Crippen LogP contribution in [0.5, 0.6) is 0 Å². The quantitative estimate of drug-likeness (QED) is 0.772. The van der Waals surface area contributed by atoms with Gasteiger partial charge in [0.1, 0.15) is 0 Å². The molecule has 2 unspecified atom stereocenters. The zero-order valence-corrected chi connectivity index (χ0v) is 16.0. The van der Waals surface area contributed by atoms with Crippen LogP contribution in [0.2, 0.25) is 0 Å². The van der Waals surface area contributed by atoms with Gasteiger partial charge in [0.25, 0.3) is 0 Å². The van der Waals surface area contributed by atoms with E-state index in [9.17, 15) is 4.79 Å². The summed E-state index contributed by atoms with van der Waals surface area (Å²) in [6.07, 6.45) is 3.85. The highest BCUT2D eigenvalue weighted by atomic mass is 35.5. The molecule has 1 aliphatic heterocycles. The Morgan fingerprint density at radius 2 is 1.77 bits per heavy atom. The minimum Gasteiger partial charge on any atom is -0.356 e. The van der Waals surface area contributed by atoms with Crippen molar-refractivity contribution in [1.29, 1.82) is 0 Å². The fourth-order valence-corrected chi connectivity index (χ4v) is 3.58. The van der Waals surface area contributed by atoms with Crippen LogP contribution in [0.25, 0.3) is 0 Å². The zero-order chi connectivity index (χ0) is 17.3. The lowest BCUT2D eigenvalue weighted by atomic mass is 9.89. The second kappa shape index (κ2) is 11.0. The predicted octanol–water partition coefficient (Wildman–Crippen LogP) is 3.94. The molecule has 0 bridgehead atoms. The summed E-state index contributed by atoms with van der Waals surface area (Å²) in [6, 6.07) is 20.8. The van der Waals surface area contributed by atoms with Crippen LogP contribution in [0, 0.1) is 5.92 Å². The molecule has 1 saturated heterocycles. The molecular weight excluding hydrogens is 344 g/mol. The van der Waals surface area contributed by atoms with Gasteiger partial charge in [0.05, 0.1) is 0 Å². The van der Waals surface area contributed by atoms with Crippen molar-refractivity contribution in [2.45, 2.75) is 31.6 Å². The van der Waals surface area contributed by atoms with Crippen molar-refractivity contribution >= 4 is 18.3 Å². The zero-order valence-electron chi connectivity index (χ0n) is 15.2. The minimum atomic E-state index is 0. The van der Waals surface area contributed by atoms with Gasteiger partial charge in [0.2, 0.25) is 5.91 Å². The van der Waals surface area contributed by atoms with Gasteiger partial charge in [-0.05, 0) is 55.3 Å². The van der Waals surface area contributed by atoms with E-state index in [-0.39, 0.29) is 24.2 Å². The summed E-state index contributed by atoms with van der Waals surface area (Å²) in [6.45, 7) is 2.92. The lowest BCUT2D eigenvalue weighted by molar-refractivity contribution is -0.121. The summed E-state index contributed by atoms with van der Waals surface area (Å²) >= 11 is 0. The van der Waals surface area contributed by atoms with Gasteiger partial charge in [-0.1, -0.05) is 60.7 Å². The predicted molar refractivity (Wildman–Crippen MR) is 110 cm³/mol. The topological polar surface area (TPSA) is 41.1 Å². The van der Waals surface area contributed by atoms with Crippen molar-refractivity contribution in [3.8, 4) is 0 Å². The molecule has 0 spiro atoms. The first kappa shape index (κ1) is 20.5. The molecule has 0 aliphatic carbocycles. The number of nitrogens with one attached hydrogen (secondary N) is 2. The van der Waals surface area contributed by atoms with E-state index in [1.807, 2.05) is 12.1 Å². The Kier molecular flexibility index (Phi) is 8.66. The van der Waals surface area contributed by atoms with Gasteiger partial charge in [-0.15, -0.1) is 12.4 Å². The van der Waals surface area contributed by atoms with Crippen LogP contribution in [0.3, 0.4) is 0 Å². The normalized spacial score (nSPS) is 17.8. The number of benzene rings is 2. The van der Waals surface area contributed by atoms with Crippen LogP contribution in [-0.2, 0) is 11.2 Å². The first-order valence-electron chi connectivity index (χ1n) is 9.37. The summed E-state index contributed by atoms with van der Waals surface area (Å²) < 4.78 is 0. The second-order valence-electron chi connectivity index (χ2n) is 7.02. The molecule has 0 radical (unpaired) electrons. The van der Waals surface area contributed by atoms with Crippen molar-refractivity contribution in [2.24, 2.45) is 5.92 Å². The van der Waals surface area contributed by atoms with Crippen molar-refractivity contribution in [3.63, 3.8) is 0 Å². The van der Waals surface area contributed by atoms with Gasteiger partial charge >= 0.3 is 0 Å². The van der Waals surface area contributed by atoms with Crippen LogP contribution >= 0.6 is 12.4 Å². The number of rotatable bonds is 7. The Morgan fingerprint density at radius 3 is 2.42 bits per heavy atom. The molecule has 2 aromatic rings. The van der Waals surface area contributed by atoms with E-state index < -0.39 is 0 Å². The van der Waals surface area contributed by atoms with E-state index in [0.717, 1.165) is 26.1 Å². The van der Waals surface area contributed by atoms with Crippen molar-refractivity contribution < 1.29 is 4.79 Å². The molecular formula is C22H29ClN2O. The molecule has 26 heavy (non-hydrogen) atoms. The molecule has 4 heteroatoms. The molecule has 0 saturated carbocycles. The third kappa shape index (κ3) is 6.47. The van der Waals surface area contributed by atoms with E-state index in [1.54, 1.807) is 0 Å². The molecule has 2 atom stereocenters. The SMILES string of the molecule is Cl.O=C(CC(Cc1ccccc1)c1ccccc1)NCC1CCCNC1. The molecule has 2 aromatic carbocycles. The summed E-state index contributed by atoms with van der Waals surface area (Å²) in [5, 5.41) is 6.57. The average molecular weight is 373 g/mol. The van der Waals surface area contributed by atoms with Crippen molar-refractivity contribution in [1.82, 2.24) is 10.6 Å². The molecule has 2 N–H and O–H groups in total. The maximum atomic E-state index is 12.5. The highest BCUT2D eigenvalue weighted by molar-refractivity contribution is 5.85. The number of amides is 1. The maximum Gasteiger partial charge on any atom is 0.220 e. The molecule has 3 nitrogen and oxygen atoms in total. The highest BCUT2D eigenvalue weighted by Crippen LogP contribution is 2.24. The Morgan fingerprint density at radius 1 is 1.08 bits per heavy atom. The van der Waals surface area contributed by atoms with Gasteiger partial charge in [-0.25, -0.2) is 0 Å². The Labute approximate surface area is 163 Å². The lowest BCUT2D eigenvalue weighted by Gasteiger charge is -2.23. The number of carbonyl (C=O) groups is 1. The van der Waals surface area contributed by atoms with Crippen LogP contribution in [0.1, 0.15) is 36.3 Å². The first-order chi connectivity index (χ1) is 12.3. The monoisotopic (exact) mass is 372 g/mol. The van der Waals surface area contributed by atoms with Crippen molar-refractivity contribution in [2.75, 3.05) is 19.6 Å². The number of hydrogen-bond donors (Lipinski definition) is 2. The van der Waals surface area contributed by atoms with Gasteiger partial charge < -0.3 is 10.6 Å². The Bertz CT molecular complexity index is 642. The van der Waals surface area contributed by atoms with Crippen LogP contribution in [0.15, 0.2) is 60.7 Å². The van der Waals surface area contributed by atoms with E-state index in [2.05, 4.69) is 59.2 Å². The number of carbonyl (C=O) groups excluding carboxylic acids is 1. The van der Waals surface area contributed by atoms with Crippen LogP contribution in [-0.4, -0.2) is 25.5 Å². The fourth-order valence-electron chi connectivity index (χ4n) is 3.58. The van der Waals surface area contributed by atoms with Crippen LogP contribution in [0.4, 0.5) is 0 Å². The van der Waals surface area contributed by atoms with Gasteiger partial charge in [-0.2, -0.15) is 0 Å². The number of halogens is 1. The molecule has 1 fully saturated rings. The molecule has 1 amide bonds. The van der Waals surface area contributed by atoms with Gasteiger partial charge in [0.15, 0.2) is 0 Å². The average Bonchev–Trinajstić information content (AvgIpc) is 2.68. The summed E-state index contributed by atoms with van der Waals surface area (Å²) in [5.74, 6) is 0.949. The Hall–Kier alpha value is -1.84. The maximum absolute atomic E-state index is 12.5. The third-order valence-corrected chi connectivity index (χ3v) is 5.01. The lowest BCUT2D eigenvalue weighted by Crippen LogP contribution is -2.38. The smallest absolute Gasteiger partial charge is 0.220 e. The highest BCUT2D eigenvalue weighted by Gasteiger charge is 2.18. The van der Waals surface area contributed by atoms with E-state index in [0.29, 0.717) is 12.3 Å². The molecule has 1 aliphatic rings. The largest absolute Gasteiger partial charge is 0.356 e. The van der Waals surface area contributed by atoms with E-state index in [1.165, 1.54) is 24.0 Å². The van der Waals surface area contributed by atoms with Crippen molar-refractivity contribution in [3.05, 3.63) is 71.8 Å².